The Morgan fingerprint density at radius 3 is 2.58 bits per heavy atom. The van der Waals surface area contributed by atoms with E-state index in [1.165, 1.54) is 6.07 Å². The van der Waals surface area contributed by atoms with E-state index in [2.05, 4.69) is 5.32 Å². The van der Waals surface area contributed by atoms with Gasteiger partial charge in [-0.25, -0.2) is 4.39 Å². The molecule has 0 aromatic heterocycles. The summed E-state index contributed by atoms with van der Waals surface area (Å²) in [7, 11) is 0. The van der Waals surface area contributed by atoms with Gasteiger partial charge in [-0.3, -0.25) is 9.69 Å². The molecule has 0 saturated carbocycles. The van der Waals surface area contributed by atoms with Crippen LogP contribution in [-0.2, 0) is 17.9 Å². The second kappa shape index (κ2) is 9.15. The average Bonchev–Trinajstić information content (AvgIpc) is 2.57. The zero-order chi connectivity index (χ0) is 17.4. The van der Waals surface area contributed by atoms with Gasteiger partial charge in [0.15, 0.2) is 0 Å². The van der Waals surface area contributed by atoms with E-state index in [0.717, 1.165) is 11.1 Å². The van der Waals surface area contributed by atoms with Gasteiger partial charge >= 0.3 is 0 Å². The Morgan fingerprint density at radius 1 is 1.17 bits per heavy atom. The van der Waals surface area contributed by atoms with Crippen molar-refractivity contribution >= 4 is 5.91 Å². The second-order valence-corrected chi connectivity index (χ2v) is 5.78. The van der Waals surface area contributed by atoms with Gasteiger partial charge in [0.1, 0.15) is 5.82 Å². The molecule has 0 radical (unpaired) electrons. The van der Waals surface area contributed by atoms with Crippen LogP contribution in [-0.4, -0.2) is 35.6 Å². The van der Waals surface area contributed by atoms with Crippen LogP contribution in [0.5, 0.6) is 0 Å². The molecule has 0 saturated heterocycles. The Bertz CT molecular complexity index is 662. The first-order chi connectivity index (χ1) is 11.6. The summed E-state index contributed by atoms with van der Waals surface area (Å²) < 4.78 is 13.5. The lowest BCUT2D eigenvalue weighted by molar-refractivity contribution is -0.122. The lowest BCUT2D eigenvalue weighted by atomic mass is 10.1. The van der Waals surface area contributed by atoms with Crippen LogP contribution in [0.4, 0.5) is 4.39 Å². The molecule has 0 aliphatic carbocycles. The van der Waals surface area contributed by atoms with Crippen LogP contribution in [0.2, 0.25) is 0 Å². The van der Waals surface area contributed by atoms with E-state index in [1.807, 2.05) is 35.2 Å². The topological polar surface area (TPSA) is 52.6 Å². The van der Waals surface area contributed by atoms with Crippen LogP contribution < -0.4 is 5.32 Å². The van der Waals surface area contributed by atoms with Crippen LogP contribution in [0, 0.1) is 12.7 Å². The number of nitrogens with zero attached hydrogens (tertiary/aromatic N) is 1. The number of nitrogens with one attached hydrogen (secondary N) is 1. The fourth-order valence-corrected chi connectivity index (χ4v) is 2.40. The minimum atomic E-state index is -0.271. The number of hydrogen-bond acceptors (Lipinski definition) is 3. The highest BCUT2D eigenvalue weighted by Gasteiger charge is 2.11. The number of benzene rings is 2. The van der Waals surface area contributed by atoms with Gasteiger partial charge in [0, 0.05) is 19.6 Å². The van der Waals surface area contributed by atoms with Crippen molar-refractivity contribution in [2.24, 2.45) is 0 Å². The predicted molar refractivity (Wildman–Crippen MR) is 91.8 cm³/mol. The van der Waals surface area contributed by atoms with Gasteiger partial charge in [-0.2, -0.15) is 0 Å². The number of aryl methyl sites for hydroxylation is 1. The van der Waals surface area contributed by atoms with Crippen LogP contribution in [0.15, 0.2) is 48.5 Å². The number of rotatable bonds is 8. The van der Waals surface area contributed by atoms with Crippen molar-refractivity contribution < 1.29 is 14.3 Å². The normalized spacial score (nSPS) is 10.8. The van der Waals surface area contributed by atoms with Crippen molar-refractivity contribution in [3.05, 3.63) is 71.0 Å². The maximum Gasteiger partial charge on any atom is 0.234 e. The maximum absolute atomic E-state index is 13.5. The Kier molecular flexibility index (Phi) is 6.90. The number of carbonyl (C=O) groups excluding carboxylic acids is 1. The number of carbonyl (C=O) groups is 1. The molecule has 2 N–H and O–H groups in total. The molecule has 0 heterocycles. The SMILES string of the molecule is Cc1ccc(CNC(=O)CN(CCO)Cc2ccccc2)cc1F. The fraction of sp³-hybridized carbons (Fsp3) is 0.316. The lowest BCUT2D eigenvalue weighted by Gasteiger charge is -2.21. The summed E-state index contributed by atoms with van der Waals surface area (Å²) in [5.41, 5.74) is 2.39. The lowest BCUT2D eigenvalue weighted by Crippen LogP contribution is -2.38. The van der Waals surface area contributed by atoms with Crippen LogP contribution in [0.3, 0.4) is 0 Å². The maximum atomic E-state index is 13.5. The van der Waals surface area contributed by atoms with Gasteiger partial charge < -0.3 is 10.4 Å². The number of halogens is 1. The molecule has 0 aliphatic heterocycles. The van der Waals surface area contributed by atoms with Crippen molar-refractivity contribution in [3.8, 4) is 0 Å². The molecule has 128 valence electrons. The summed E-state index contributed by atoms with van der Waals surface area (Å²) >= 11 is 0. The van der Waals surface area contributed by atoms with Crippen LogP contribution in [0.1, 0.15) is 16.7 Å². The van der Waals surface area contributed by atoms with Gasteiger partial charge in [0.05, 0.1) is 13.2 Å². The summed E-state index contributed by atoms with van der Waals surface area (Å²) in [5, 5.41) is 12.0. The summed E-state index contributed by atoms with van der Waals surface area (Å²) in [4.78, 5) is 14.0. The van der Waals surface area contributed by atoms with E-state index in [1.54, 1.807) is 19.1 Å². The number of aliphatic hydroxyl groups is 1. The van der Waals surface area contributed by atoms with Crippen LogP contribution in [0.25, 0.3) is 0 Å². The van der Waals surface area contributed by atoms with Crippen molar-refractivity contribution in [1.29, 1.82) is 0 Å². The first-order valence-corrected chi connectivity index (χ1v) is 7.97. The zero-order valence-electron chi connectivity index (χ0n) is 13.8. The molecular weight excluding hydrogens is 307 g/mol. The molecule has 0 fully saturated rings. The first kappa shape index (κ1) is 18.1. The molecule has 2 aromatic carbocycles. The van der Waals surface area contributed by atoms with E-state index in [4.69, 9.17) is 0 Å². The van der Waals surface area contributed by atoms with Gasteiger partial charge in [0.2, 0.25) is 5.91 Å². The molecule has 5 heteroatoms. The predicted octanol–water partition coefficient (Wildman–Crippen LogP) is 2.24. The summed E-state index contributed by atoms with van der Waals surface area (Å²) in [5.74, 6) is -0.423. The van der Waals surface area contributed by atoms with Crippen molar-refractivity contribution in [1.82, 2.24) is 10.2 Å². The first-order valence-electron chi connectivity index (χ1n) is 7.97. The minimum absolute atomic E-state index is 0.0106. The molecule has 2 aromatic rings. The second-order valence-electron chi connectivity index (χ2n) is 5.78. The fourth-order valence-electron chi connectivity index (χ4n) is 2.40. The molecule has 0 bridgehead atoms. The minimum Gasteiger partial charge on any atom is -0.395 e. The number of hydrogen-bond donors (Lipinski definition) is 2. The average molecular weight is 330 g/mol. The summed E-state index contributed by atoms with van der Waals surface area (Å²) in [6, 6.07) is 14.7. The smallest absolute Gasteiger partial charge is 0.234 e. The summed E-state index contributed by atoms with van der Waals surface area (Å²) in [6.45, 7) is 3.17. The number of amides is 1. The van der Waals surface area contributed by atoms with E-state index >= 15 is 0 Å². The molecule has 24 heavy (non-hydrogen) atoms. The molecule has 2 rings (SSSR count). The van der Waals surface area contributed by atoms with E-state index in [9.17, 15) is 14.3 Å². The molecule has 0 unspecified atom stereocenters. The van der Waals surface area contributed by atoms with Crippen molar-refractivity contribution in [2.75, 3.05) is 19.7 Å². The van der Waals surface area contributed by atoms with Crippen molar-refractivity contribution in [2.45, 2.75) is 20.0 Å². The van der Waals surface area contributed by atoms with E-state index in [0.29, 0.717) is 18.7 Å². The Hall–Kier alpha value is -2.24. The van der Waals surface area contributed by atoms with Gasteiger partial charge in [-0.15, -0.1) is 0 Å². The van der Waals surface area contributed by atoms with Crippen LogP contribution >= 0.6 is 0 Å². The molecule has 0 aliphatic rings. The summed E-state index contributed by atoms with van der Waals surface area (Å²) in [6.07, 6.45) is 0. The highest BCUT2D eigenvalue weighted by atomic mass is 19.1. The van der Waals surface area contributed by atoms with E-state index < -0.39 is 0 Å². The molecule has 4 nitrogen and oxygen atoms in total. The molecular formula is C19H23FN2O2. The van der Waals surface area contributed by atoms with Gasteiger partial charge in [-0.1, -0.05) is 42.5 Å². The Balaban J connectivity index is 1.86. The van der Waals surface area contributed by atoms with Gasteiger partial charge in [0.25, 0.3) is 0 Å². The number of aliphatic hydroxyl groups excluding tert-OH is 1. The Morgan fingerprint density at radius 2 is 1.92 bits per heavy atom. The standard InChI is InChI=1S/C19H23FN2O2/c1-15-7-8-17(11-18(15)20)12-21-19(24)14-22(9-10-23)13-16-5-3-2-4-6-16/h2-8,11,23H,9-10,12-14H2,1H3,(H,21,24). The van der Waals surface area contributed by atoms with Gasteiger partial charge in [-0.05, 0) is 29.7 Å². The monoisotopic (exact) mass is 330 g/mol. The molecule has 0 spiro atoms. The quantitative estimate of drug-likeness (QED) is 0.780. The van der Waals surface area contributed by atoms with Crippen molar-refractivity contribution in [3.63, 3.8) is 0 Å². The largest absolute Gasteiger partial charge is 0.395 e. The Labute approximate surface area is 141 Å². The third-order valence-corrected chi connectivity index (χ3v) is 3.76. The third kappa shape index (κ3) is 5.76. The third-order valence-electron chi connectivity index (χ3n) is 3.76. The molecule has 1 amide bonds. The zero-order valence-corrected chi connectivity index (χ0v) is 13.8. The highest BCUT2D eigenvalue weighted by Crippen LogP contribution is 2.09. The highest BCUT2D eigenvalue weighted by molar-refractivity contribution is 5.78. The molecule has 0 atom stereocenters. The van der Waals surface area contributed by atoms with E-state index in [-0.39, 0.29) is 31.4 Å².